The zero-order valence-electron chi connectivity index (χ0n) is 28.2. The minimum Gasteiger partial charge on any atom is -0.475 e. The Morgan fingerprint density at radius 2 is 1.25 bits per heavy atom. The molecule has 0 amide bonds. The van der Waals surface area contributed by atoms with Crippen LogP contribution in [-0.2, 0) is 27.2 Å². The van der Waals surface area contributed by atoms with Gasteiger partial charge < -0.3 is 31.3 Å². The first-order valence-electron chi connectivity index (χ1n) is 15.4. The Labute approximate surface area is 319 Å². The molecule has 0 saturated carbocycles. The molecule has 0 radical (unpaired) electrons. The van der Waals surface area contributed by atoms with Gasteiger partial charge in [0.1, 0.15) is 5.02 Å². The molecular formula is C34H25ClF9N7O6. The van der Waals surface area contributed by atoms with Gasteiger partial charge in [0.15, 0.2) is 5.82 Å². The zero-order valence-corrected chi connectivity index (χ0v) is 29.0. The second kappa shape index (κ2) is 19.2. The van der Waals surface area contributed by atoms with E-state index in [-0.39, 0.29) is 0 Å². The molecule has 6 N–H and O–H groups in total. The number of benzene rings is 3. The second-order valence-electron chi connectivity index (χ2n) is 10.9. The first kappa shape index (κ1) is 44.7. The molecule has 1 aliphatic heterocycles. The lowest BCUT2D eigenvalue weighted by atomic mass is 10.0. The lowest BCUT2D eigenvalue weighted by Gasteiger charge is -2.15. The predicted octanol–water partition coefficient (Wildman–Crippen LogP) is 8.82. The Balaban J connectivity index is 0.000000341. The molecule has 3 aromatic carbocycles. The number of hydrogen-bond donors (Lipinski definition) is 6. The molecule has 23 heteroatoms. The number of aliphatic carboxylic acids is 3. The van der Waals surface area contributed by atoms with Crippen LogP contribution in [0.15, 0.2) is 91.3 Å². The molecule has 57 heavy (non-hydrogen) atoms. The van der Waals surface area contributed by atoms with Gasteiger partial charge >= 0.3 is 36.4 Å². The van der Waals surface area contributed by atoms with Gasteiger partial charge in [0.05, 0.1) is 11.9 Å². The van der Waals surface area contributed by atoms with Gasteiger partial charge in [-0.2, -0.15) is 44.5 Å². The number of aryl methyl sites for hydroxylation is 2. The third kappa shape index (κ3) is 14.8. The van der Waals surface area contributed by atoms with Crippen LogP contribution in [0.25, 0.3) is 11.3 Å². The van der Waals surface area contributed by atoms with Crippen molar-refractivity contribution in [3.8, 4) is 11.3 Å². The number of carboxylic acids is 3. The summed E-state index contributed by atoms with van der Waals surface area (Å²) < 4.78 is 95.2. The van der Waals surface area contributed by atoms with Crippen LogP contribution in [-0.4, -0.2) is 71.7 Å². The fourth-order valence-corrected chi connectivity index (χ4v) is 4.31. The number of fused-ring (bicyclic) bond motifs is 6. The van der Waals surface area contributed by atoms with Crippen molar-refractivity contribution in [1.82, 2.24) is 19.9 Å². The normalized spacial score (nSPS) is 11.9. The van der Waals surface area contributed by atoms with Crippen LogP contribution in [0.4, 0.5) is 74.3 Å². The van der Waals surface area contributed by atoms with Crippen LogP contribution >= 0.6 is 11.6 Å². The Morgan fingerprint density at radius 1 is 0.667 bits per heavy atom. The highest BCUT2D eigenvalue weighted by Gasteiger charge is 2.39. The Kier molecular flexibility index (Phi) is 15.1. The summed E-state index contributed by atoms with van der Waals surface area (Å²) in [5.41, 5.74) is 7.00. The van der Waals surface area contributed by atoms with Crippen LogP contribution in [0.3, 0.4) is 0 Å². The van der Waals surface area contributed by atoms with E-state index in [9.17, 15) is 39.5 Å². The Bertz CT molecular complexity index is 2120. The molecule has 0 aliphatic carbocycles. The summed E-state index contributed by atoms with van der Waals surface area (Å²) in [6.07, 6.45) is -10.2. The molecule has 13 nitrogen and oxygen atoms in total. The van der Waals surface area contributed by atoms with Crippen LogP contribution in [0.5, 0.6) is 0 Å². The van der Waals surface area contributed by atoms with Crippen molar-refractivity contribution >= 4 is 64.3 Å². The summed E-state index contributed by atoms with van der Waals surface area (Å²) in [5, 5.41) is 31.9. The Hall–Kier alpha value is -6.71. The average Bonchev–Trinajstić information content (AvgIpc) is 3.13. The monoisotopic (exact) mass is 833 g/mol. The van der Waals surface area contributed by atoms with E-state index in [1.807, 2.05) is 60.7 Å². The van der Waals surface area contributed by atoms with Crippen LogP contribution in [0, 0.1) is 0 Å². The molecule has 6 rings (SSSR count). The molecule has 0 spiro atoms. The maximum atomic E-state index is 10.6. The van der Waals surface area contributed by atoms with Crippen molar-refractivity contribution in [3.05, 3.63) is 107 Å². The van der Waals surface area contributed by atoms with Crippen molar-refractivity contribution in [2.24, 2.45) is 0 Å². The quantitative estimate of drug-likeness (QED) is 0.0944. The Morgan fingerprint density at radius 3 is 1.82 bits per heavy atom. The van der Waals surface area contributed by atoms with E-state index in [0.717, 1.165) is 46.7 Å². The first-order chi connectivity index (χ1) is 26.5. The summed E-state index contributed by atoms with van der Waals surface area (Å²) in [4.78, 5) is 44.8. The number of carbonyl (C=O) groups is 3. The molecular weight excluding hydrogens is 809 g/mol. The van der Waals surface area contributed by atoms with Gasteiger partial charge in [-0.15, -0.1) is 0 Å². The number of alkyl halides is 9. The summed E-state index contributed by atoms with van der Waals surface area (Å²) >= 11 is 6.39. The minimum absolute atomic E-state index is 0.444. The fourth-order valence-electron chi connectivity index (χ4n) is 4.17. The van der Waals surface area contributed by atoms with Crippen molar-refractivity contribution in [1.29, 1.82) is 0 Å². The van der Waals surface area contributed by atoms with Gasteiger partial charge in [-0.3, -0.25) is 0 Å². The highest BCUT2D eigenvalue weighted by molar-refractivity contribution is 6.32. The highest BCUT2D eigenvalue weighted by atomic mass is 35.5. The highest BCUT2D eigenvalue weighted by Crippen LogP contribution is 2.31. The van der Waals surface area contributed by atoms with E-state index < -0.39 is 36.4 Å². The molecule has 2 aromatic heterocycles. The topological polar surface area (TPSA) is 200 Å². The van der Waals surface area contributed by atoms with Gasteiger partial charge in [-0.25, -0.2) is 29.3 Å². The second-order valence-corrected chi connectivity index (χ2v) is 11.3. The van der Waals surface area contributed by atoms with E-state index in [0.29, 0.717) is 22.7 Å². The van der Waals surface area contributed by atoms with Crippen LogP contribution < -0.4 is 16.0 Å². The number of hydrogen-bond acceptors (Lipinski definition) is 10. The minimum atomic E-state index is -5.08. The van der Waals surface area contributed by atoms with E-state index in [1.165, 1.54) is 5.56 Å². The van der Waals surface area contributed by atoms with Crippen molar-refractivity contribution in [2.45, 2.75) is 31.4 Å². The van der Waals surface area contributed by atoms with Gasteiger partial charge in [0.25, 0.3) is 0 Å². The van der Waals surface area contributed by atoms with Crippen molar-refractivity contribution in [2.75, 3.05) is 16.0 Å². The number of halogens is 10. The molecule has 1 aliphatic rings. The van der Waals surface area contributed by atoms with Crippen molar-refractivity contribution < 1.29 is 69.2 Å². The number of aromatic nitrogens is 4. The number of nitrogens with one attached hydrogen (secondary N) is 3. The SMILES string of the molecule is Clc1cnc2nc1Nc1ccc(Nc3nccc(-c4ccccc4)n3)c(c1)CCc1cccc(c1)N2.O=C(O)C(F)(F)F.O=C(O)C(F)(F)F.O=C(O)C(F)(F)F. The standard InChI is InChI=1S/C28H22ClN7.3C2HF3O2/c29-23-17-31-28-33-21-8-4-5-18(15-21)9-10-20-16-22(32-26(23)36-28)11-12-24(20)34-27-30-14-13-25(35-27)19-6-2-1-3-7-19;3*3-2(4,5)1(6)7/h1-8,11-17H,9-10H2,(H,30,34,35)(H2,31,32,33,36);3*(H,6,7). The molecule has 302 valence electrons. The van der Waals surface area contributed by atoms with Crippen molar-refractivity contribution in [3.63, 3.8) is 0 Å². The van der Waals surface area contributed by atoms with E-state index in [1.54, 1.807) is 12.4 Å². The summed E-state index contributed by atoms with van der Waals surface area (Å²) in [7, 11) is 0. The molecule has 0 fully saturated rings. The third-order valence-corrected chi connectivity index (χ3v) is 6.95. The molecule has 6 bridgehead atoms. The third-order valence-electron chi connectivity index (χ3n) is 6.68. The molecule has 0 unspecified atom stereocenters. The molecule has 0 atom stereocenters. The van der Waals surface area contributed by atoms with Crippen LogP contribution in [0.2, 0.25) is 5.02 Å². The van der Waals surface area contributed by atoms with Gasteiger partial charge in [-0.1, -0.05) is 54.1 Å². The zero-order chi connectivity index (χ0) is 42.6. The van der Waals surface area contributed by atoms with E-state index in [2.05, 4.69) is 49.1 Å². The fraction of sp³-hybridized carbons (Fsp3) is 0.147. The lowest BCUT2D eigenvalue weighted by molar-refractivity contribution is -0.193. The first-order valence-corrected chi connectivity index (χ1v) is 15.7. The summed E-state index contributed by atoms with van der Waals surface area (Å²) in [6.45, 7) is 0. The smallest absolute Gasteiger partial charge is 0.475 e. The molecule has 3 heterocycles. The molecule has 5 aromatic rings. The summed E-state index contributed by atoms with van der Waals surface area (Å²) in [5.74, 6) is -6.71. The lowest BCUT2D eigenvalue weighted by Crippen LogP contribution is -2.21. The maximum Gasteiger partial charge on any atom is 0.490 e. The van der Waals surface area contributed by atoms with E-state index in [4.69, 9.17) is 46.3 Å². The average molecular weight is 834 g/mol. The summed E-state index contributed by atoms with van der Waals surface area (Å²) in [6, 6.07) is 26.4. The number of anilines is 6. The molecule has 0 saturated heterocycles. The van der Waals surface area contributed by atoms with Crippen LogP contribution in [0.1, 0.15) is 11.1 Å². The van der Waals surface area contributed by atoms with E-state index >= 15 is 0 Å². The van der Waals surface area contributed by atoms with Gasteiger partial charge in [0, 0.05) is 28.8 Å². The number of nitrogens with zero attached hydrogens (tertiary/aromatic N) is 4. The maximum absolute atomic E-state index is 10.6. The largest absolute Gasteiger partial charge is 0.490 e. The van der Waals surface area contributed by atoms with Gasteiger partial charge in [0.2, 0.25) is 11.9 Å². The predicted molar refractivity (Wildman–Crippen MR) is 186 cm³/mol. The van der Waals surface area contributed by atoms with Gasteiger partial charge in [-0.05, 0) is 60.4 Å². The number of rotatable bonds is 3. The number of carboxylic acid groups (broad SMARTS) is 3.